The molecular weight excluding hydrogens is 324 g/mol. The third-order valence-electron chi connectivity index (χ3n) is 4.07. The second-order valence-corrected chi connectivity index (χ2v) is 6.44. The molecule has 1 aromatic rings. The molecule has 0 unspecified atom stereocenters. The molecule has 0 spiro atoms. The summed E-state index contributed by atoms with van der Waals surface area (Å²) in [6, 6.07) is 3.82. The van der Waals surface area contributed by atoms with Crippen LogP contribution in [0.15, 0.2) is 23.3 Å². The average Bonchev–Trinajstić information content (AvgIpc) is 3.10. The Morgan fingerprint density at radius 2 is 2.17 bits per heavy atom. The highest BCUT2D eigenvalue weighted by Crippen LogP contribution is 2.20. The highest BCUT2D eigenvalue weighted by Gasteiger charge is 2.14. The van der Waals surface area contributed by atoms with Crippen LogP contribution < -0.4 is 10.6 Å². The van der Waals surface area contributed by atoms with E-state index in [1.54, 1.807) is 0 Å². The van der Waals surface area contributed by atoms with Gasteiger partial charge in [0.2, 0.25) is 0 Å². The zero-order valence-electron chi connectivity index (χ0n) is 14.6. The summed E-state index contributed by atoms with van der Waals surface area (Å²) < 4.78 is 5.87. The van der Waals surface area contributed by atoms with Crippen LogP contribution in [0.1, 0.15) is 44.6 Å². The van der Waals surface area contributed by atoms with Gasteiger partial charge in [0.1, 0.15) is 5.15 Å². The second-order valence-electron chi connectivity index (χ2n) is 6.06. The van der Waals surface area contributed by atoms with Crippen molar-refractivity contribution in [1.82, 2.24) is 15.6 Å². The van der Waals surface area contributed by atoms with Crippen LogP contribution in [0.4, 0.5) is 0 Å². The fourth-order valence-electron chi connectivity index (χ4n) is 2.78. The molecule has 1 heterocycles. The van der Waals surface area contributed by atoms with Gasteiger partial charge in [-0.1, -0.05) is 30.5 Å². The maximum absolute atomic E-state index is 5.87. The molecule has 1 saturated carbocycles. The van der Waals surface area contributed by atoms with E-state index in [-0.39, 0.29) is 0 Å². The van der Waals surface area contributed by atoms with Gasteiger partial charge in [0.05, 0.1) is 6.10 Å². The van der Waals surface area contributed by atoms with E-state index in [9.17, 15) is 0 Å². The molecule has 0 aliphatic heterocycles. The van der Waals surface area contributed by atoms with E-state index in [2.05, 4.69) is 27.5 Å². The van der Waals surface area contributed by atoms with Crippen LogP contribution in [-0.4, -0.2) is 43.3 Å². The number of guanidine groups is 1. The first-order chi connectivity index (χ1) is 11.8. The first kappa shape index (κ1) is 19.0. The fraction of sp³-hybridized carbons (Fsp3) is 0.667. The minimum Gasteiger partial charge on any atom is -0.378 e. The Balaban J connectivity index is 1.63. The summed E-state index contributed by atoms with van der Waals surface area (Å²) in [6.45, 7) is 5.33. The van der Waals surface area contributed by atoms with Gasteiger partial charge in [0, 0.05) is 32.4 Å². The van der Waals surface area contributed by atoms with Gasteiger partial charge in [-0.15, -0.1) is 0 Å². The number of rotatable bonds is 9. The molecule has 1 aliphatic carbocycles. The Labute approximate surface area is 150 Å². The minimum atomic E-state index is 0.494. The number of hydrogen-bond acceptors (Lipinski definition) is 3. The summed E-state index contributed by atoms with van der Waals surface area (Å²) in [5, 5.41) is 7.15. The van der Waals surface area contributed by atoms with E-state index >= 15 is 0 Å². The van der Waals surface area contributed by atoms with E-state index < -0.39 is 0 Å². The van der Waals surface area contributed by atoms with Crippen LogP contribution in [0.25, 0.3) is 0 Å². The van der Waals surface area contributed by atoms with E-state index in [0.717, 1.165) is 50.6 Å². The number of ether oxygens (including phenoxy) is 1. The van der Waals surface area contributed by atoms with Crippen LogP contribution in [0.2, 0.25) is 5.15 Å². The smallest absolute Gasteiger partial charge is 0.191 e. The summed E-state index contributed by atoms with van der Waals surface area (Å²) >= 11 is 5.80. The SMILES string of the molecule is CCNC(=NCCCOC1CCCC1)NCCc1ccc(Cl)nc1. The first-order valence-corrected chi connectivity index (χ1v) is 9.40. The summed E-state index contributed by atoms with van der Waals surface area (Å²) in [6.07, 6.45) is 9.26. The number of halogens is 1. The highest BCUT2D eigenvalue weighted by molar-refractivity contribution is 6.29. The normalized spacial score (nSPS) is 15.7. The lowest BCUT2D eigenvalue weighted by Gasteiger charge is -2.12. The lowest BCUT2D eigenvalue weighted by atomic mass is 10.2. The molecule has 134 valence electrons. The number of hydrogen-bond donors (Lipinski definition) is 2. The maximum Gasteiger partial charge on any atom is 0.191 e. The third kappa shape index (κ3) is 7.49. The van der Waals surface area contributed by atoms with Crippen LogP contribution in [0, 0.1) is 0 Å². The molecular formula is C18H29ClN4O. The van der Waals surface area contributed by atoms with Crippen molar-refractivity contribution in [2.45, 2.75) is 51.6 Å². The predicted molar refractivity (Wildman–Crippen MR) is 99.8 cm³/mol. The highest BCUT2D eigenvalue weighted by atomic mass is 35.5. The minimum absolute atomic E-state index is 0.494. The third-order valence-corrected chi connectivity index (χ3v) is 4.29. The second kappa shape index (κ2) is 11.3. The monoisotopic (exact) mass is 352 g/mol. The van der Waals surface area contributed by atoms with E-state index in [1.807, 2.05) is 18.3 Å². The topological polar surface area (TPSA) is 58.5 Å². The van der Waals surface area contributed by atoms with Crippen molar-refractivity contribution in [3.05, 3.63) is 29.0 Å². The molecule has 1 fully saturated rings. The maximum atomic E-state index is 5.87. The lowest BCUT2D eigenvalue weighted by Crippen LogP contribution is -2.38. The van der Waals surface area contributed by atoms with Crippen molar-refractivity contribution in [1.29, 1.82) is 0 Å². The van der Waals surface area contributed by atoms with Gasteiger partial charge in [-0.25, -0.2) is 4.98 Å². The number of pyridine rings is 1. The van der Waals surface area contributed by atoms with Crippen molar-refractivity contribution >= 4 is 17.6 Å². The quantitative estimate of drug-likeness (QED) is 0.310. The molecule has 1 aromatic heterocycles. The van der Waals surface area contributed by atoms with Crippen molar-refractivity contribution in [3.63, 3.8) is 0 Å². The molecule has 0 saturated heterocycles. The molecule has 0 aromatic carbocycles. The van der Waals surface area contributed by atoms with E-state index in [0.29, 0.717) is 11.3 Å². The van der Waals surface area contributed by atoms with E-state index in [1.165, 1.54) is 25.7 Å². The van der Waals surface area contributed by atoms with Crippen molar-refractivity contribution in [2.24, 2.45) is 4.99 Å². The summed E-state index contributed by atoms with van der Waals surface area (Å²) in [7, 11) is 0. The van der Waals surface area contributed by atoms with Gasteiger partial charge in [0.15, 0.2) is 5.96 Å². The van der Waals surface area contributed by atoms with Crippen molar-refractivity contribution < 1.29 is 4.74 Å². The summed E-state index contributed by atoms with van der Waals surface area (Å²) in [5.41, 5.74) is 1.16. The Bertz CT molecular complexity index is 486. The Morgan fingerprint density at radius 3 is 2.88 bits per heavy atom. The predicted octanol–water partition coefficient (Wildman–Crippen LogP) is 3.18. The van der Waals surface area contributed by atoms with Crippen LogP contribution in [-0.2, 0) is 11.2 Å². The Hall–Kier alpha value is -1.33. The first-order valence-electron chi connectivity index (χ1n) is 9.02. The number of aliphatic imine (C=N–C) groups is 1. The number of nitrogens with one attached hydrogen (secondary N) is 2. The molecule has 2 rings (SSSR count). The van der Waals surface area contributed by atoms with Gasteiger partial charge in [-0.3, -0.25) is 4.99 Å². The molecule has 2 N–H and O–H groups in total. The van der Waals surface area contributed by atoms with Crippen molar-refractivity contribution in [3.8, 4) is 0 Å². The molecule has 0 atom stereocenters. The van der Waals surface area contributed by atoms with Gasteiger partial charge in [-0.05, 0) is 44.2 Å². The average molecular weight is 353 g/mol. The number of nitrogens with zero attached hydrogens (tertiary/aromatic N) is 2. The molecule has 6 heteroatoms. The van der Waals surface area contributed by atoms with Crippen molar-refractivity contribution in [2.75, 3.05) is 26.2 Å². The number of aromatic nitrogens is 1. The molecule has 1 aliphatic rings. The van der Waals surface area contributed by atoms with Crippen LogP contribution in [0.5, 0.6) is 0 Å². The summed E-state index contributed by atoms with van der Waals surface area (Å²) in [5.74, 6) is 0.861. The molecule has 5 nitrogen and oxygen atoms in total. The Morgan fingerprint density at radius 1 is 1.33 bits per heavy atom. The largest absolute Gasteiger partial charge is 0.378 e. The molecule has 24 heavy (non-hydrogen) atoms. The van der Waals surface area contributed by atoms with Crippen LogP contribution in [0.3, 0.4) is 0 Å². The zero-order valence-corrected chi connectivity index (χ0v) is 15.3. The molecule has 0 radical (unpaired) electrons. The summed E-state index contributed by atoms with van der Waals surface area (Å²) in [4.78, 5) is 8.69. The zero-order chi connectivity index (χ0) is 17.0. The van der Waals surface area contributed by atoms with Gasteiger partial charge < -0.3 is 15.4 Å². The van der Waals surface area contributed by atoms with Gasteiger partial charge in [0.25, 0.3) is 0 Å². The standard InChI is InChI=1S/C18H29ClN4O/c1-2-20-18(21-11-5-13-24-16-6-3-4-7-16)22-12-10-15-8-9-17(19)23-14-15/h8-9,14,16H,2-7,10-13H2,1H3,(H2,20,21,22). The molecule has 0 bridgehead atoms. The molecule has 0 amide bonds. The van der Waals surface area contributed by atoms with E-state index in [4.69, 9.17) is 16.3 Å². The van der Waals surface area contributed by atoms with Gasteiger partial charge >= 0.3 is 0 Å². The Kier molecular flexibility index (Phi) is 8.92. The fourth-order valence-corrected chi connectivity index (χ4v) is 2.89. The van der Waals surface area contributed by atoms with Gasteiger partial charge in [-0.2, -0.15) is 0 Å². The lowest BCUT2D eigenvalue weighted by molar-refractivity contribution is 0.0579. The van der Waals surface area contributed by atoms with Crippen LogP contribution >= 0.6 is 11.6 Å².